The fourth-order valence-corrected chi connectivity index (χ4v) is 2.63. The molecule has 0 bridgehead atoms. The van der Waals surface area contributed by atoms with Gasteiger partial charge in [0, 0.05) is 12.1 Å². The number of methoxy groups -OCH3 is 2. The normalized spacial score (nSPS) is 18.2. The van der Waals surface area contributed by atoms with E-state index in [1.807, 2.05) is 36.4 Å². The molecule has 2 aromatic carbocycles. The van der Waals surface area contributed by atoms with Crippen molar-refractivity contribution in [2.24, 2.45) is 0 Å². The Kier molecular flexibility index (Phi) is 6.29. The molecule has 154 valence electrons. The van der Waals surface area contributed by atoms with Crippen molar-refractivity contribution in [1.29, 1.82) is 0 Å². The van der Waals surface area contributed by atoms with Crippen LogP contribution >= 0.6 is 0 Å². The summed E-state index contributed by atoms with van der Waals surface area (Å²) in [5.41, 5.74) is 1.47. The quantitative estimate of drug-likeness (QED) is 0.496. The molecule has 0 aromatic heterocycles. The molecule has 2 aliphatic heterocycles. The second kappa shape index (κ2) is 9.45. The Hall–Kier alpha value is -3.32. The predicted molar refractivity (Wildman–Crippen MR) is 110 cm³/mol. The Balaban J connectivity index is 1.42. The van der Waals surface area contributed by atoms with Crippen molar-refractivity contribution in [2.45, 2.75) is 12.2 Å². The van der Waals surface area contributed by atoms with Gasteiger partial charge in [0.15, 0.2) is 0 Å². The maximum Gasteiger partial charge on any atom is 0.138 e. The van der Waals surface area contributed by atoms with Crippen LogP contribution in [0.25, 0.3) is 0 Å². The van der Waals surface area contributed by atoms with Gasteiger partial charge in [0.2, 0.25) is 0 Å². The van der Waals surface area contributed by atoms with Crippen molar-refractivity contribution in [1.82, 2.24) is 0 Å². The summed E-state index contributed by atoms with van der Waals surface area (Å²) in [6, 6.07) is 11.1. The van der Waals surface area contributed by atoms with Crippen molar-refractivity contribution in [2.75, 3.05) is 40.6 Å². The van der Waals surface area contributed by atoms with Crippen LogP contribution in [0.5, 0.6) is 23.0 Å². The summed E-state index contributed by atoms with van der Waals surface area (Å²) < 4.78 is 32.5. The lowest BCUT2D eigenvalue weighted by molar-refractivity contribution is 0.262. The highest BCUT2D eigenvalue weighted by Crippen LogP contribution is 2.26. The topological polar surface area (TPSA) is 62.0 Å². The third-order valence-electron chi connectivity index (χ3n) is 4.48. The van der Waals surface area contributed by atoms with Crippen molar-refractivity contribution >= 4 is 0 Å². The van der Waals surface area contributed by atoms with Crippen LogP contribution in [-0.2, 0) is 9.47 Å². The zero-order valence-corrected chi connectivity index (χ0v) is 16.9. The number of ether oxygens (including phenoxy) is 6. The molecule has 2 aliphatic rings. The van der Waals surface area contributed by atoms with Gasteiger partial charge in [-0.15, -0.1) is 0 Å². The molecule has 4 rings (SSSR count). The largest absolute Gasteiger partial charge is 0.495 e. The number of benzene rings is 2. The molecule has 2 heterocycles. The Labute approximate surface area is 176 Å². The van der Waals surface area contributed by atoms with E-state index in [0.717, 1.165) is 35.8 Å². The lowest BCUT2D eigenvalue weighted by Crippen LogP contribution is -2.04. The SMILES string of the molecule is COc1cc(OCC2CO2)ccc1C#CC#Cc1ccc(OCC2CO2)cc1OC. The van der Waals surface area contributed by atoms with Crippen molar-refractivity contribution in [3.05, 3.63) is 47.5 Å². The van der Waals surface area contributed by atoms with E-state index in [-0.39, 0.29) is 12.2 Å². The van der Waals surface area contributed by atoms with Crippen LogP contribution in [0.4, 0.5) is 0 Å². The first-order valence-corrected chi connectivity index (χ1v) is 9.62. The molecule has 30 heavy (non-hydrogen) atoms. The van der Waals surface area contributed by atoms with Gasteiger partial charge in [0.05, 0.1) is 38.6 Å². The van der Waals surface area contributed by atoms with E-state index in [0.29, 0.717) is 24.7 Å². The van der Waals surface area contributed by atoms with Crippen LogP contribution in [0.2, 0.25) is 0 Å². The number of rotatable bonds is 8. The lowest BCUT2D eigenvalue weighted by Gasteiger charge is -2.08. The van der Waals surface area contributed by atoms with E-state index in [4.69, 9.17) is 28.4 Å². The van der Waals surface area contributed by atoms with Crippen LogP contribution < -0.4 is 18.9 Å². The second-order valence-electron chi connectivity index (χ2n) is 6.76. The molecule has 0 amide bonds. The molecule has 0 radical (unpaired) electrons. The first kappa shape index (κ1) is 20.0. The molecular formula is C24H22O6. The van der Waals surface area contributed by atoms with Gasteiger partial charge in [-0.2, -0.15) is 0 Å². The fourth-order valence-electron chi connectivity index (χ4n) is 2.63. The molecule has 2 saturated heterocycles. The fraction of sp³-hybridized carbons (Fsp3) is 0.333. The summed E-state index contributed by atoms with van der Waals surface area (Å²) in [5, 5.41) is 0. The van der Waals surface area contributed by atoms with Gasteiger partial charge in [-0.3, -0.25) is 0 Å². The molecule has 0 N–H and O–H groups in total. The Morgan fingerprint density at radius 2 is 1.20 bits per heavy atom. The molecular weight excluding hydrogens is 384 g/mol. The monoisotopic (exact) mass is 406 g/mol. The average molecular weight is 406 g/mol. The van der Waals surface area contributed by atoms with Crippen LogP contribution in [0.15, 0.2) is 36.4 Å². The third-order valence-corrected chi connectivity index (χ3v) is 4.48. The summed E-state index contributed by atoms with van der Waals surface area (Å²) in [7, 11) is 3.20. The third kappa shape index (κ3) is 5.61. The number of epoxide rings is 2. The van der Waals surface area contributed by atoms with Gasteiger partial charge in [0.1, 0.15) is 48.4 Å². The van der Waals surface area contributed by atoms with Crippen LogP contribution in [-0.4, -0.2) is 52.9 Å². The first-order valence-electron chi connectivity index (χ1n) is 9.62. The van der Waals surface area contributed by atoms with Gasteiger partial charge in [-0.25, -0.2) is 0 Å². The Morgan fingerprint density at radius 1 is 0.767 bits per heavy atom. The number of hydrogen-bond acceptors (Lipinski definition) is 6. The van der Waals surface area contributed by atoms with E-state index in [1.54, 1.807) is 14.2 Å². The molecule has 2 fully saturated rings. The highest BCUT2D eigenvalue weighted by molar-refractivity contribution is 5.55. The van der Waals surface area contributed by atoms with Crippen molar-refractivity contribution in [3.8, 4) is 46.7 Å². The molecule has 6 nitrogen and oxygen atoms in total. The maximum atomic E-state index is 5.67. The average Bonchev–Trinajstić information content (AvgIpc) is 3.69. The Bertz CT molecular complexity index is 932. The minimum Gasteiger partial charge on any atom is -0.495 e. The summed E-state index contributed by atoms with van der Waals surface area (Å²) in [4.78, 5) is 0. The van der Waals surface area contributed by atoms with Gasteiger partial charge in [-0.05, 0) is 47.9 Å². The minimum absolute atomic E-state index is 0.204. The first-order chi connectivity index (χ1) is 14.7. The van der Waals surface area contributed by atoms with E-state index >= 15 is 0 Å². The highest BCUT2D eigenvalue weighted by atomic mass is 16.6. The molecule has 0 spiro atoms. The second-order valence-corrected chi connectivity index (χ2v) is 6.76. The van der Waals surface area contributed by atoms with Crippen molar-refractivity contribution < 1.29 is 28.4 Å². The standard InChI is InChI=1S/C24H22O6/c1-25-23-11-19(27-13-21-15-29-21)9-7-17(23)5-3-4-6-18-8-10-20(12-24(18)26-2)28-14-22-16-30-22/h7-12,21-22H,13-16H2,1-2H3. The molecule has 6 heteroatoms. The van der Waals surface area contributed by atoms with Gasteiger partial charge < -0.3 is 28.4 Å². The summed E-state index contributed by atoms with van der Waals surface area (Å²) in [6.07, 6.45) is 0.408. The van der Waals surface area contributed by atoms with Crippen LogP contribution in [0.1, 0.15) is 11.1 Å². The van der Waals surface area contributed by atoms with Gasteiger partial charge >= 0.3 is 0 Å². The molecule has 2 atom stereocenters. The molecule has 0 aliphatic carbocycles. The van der Waals surface area contributed by atoms with Crippen molar-refractivity contribution in [3.63, 3.8) is 0 Å². The lowest BCUT2D eigenvalue weighted by atomic mass is 10.2. The predicted octanol–water partition coefficient (Wildman–Crippen LogP) is 2.66. The summed E-state index contributed by atoms with van der Waals surface area (Å²) in [6.45, 7) is 2.60. The van der Waals surface area contributed by atoms with Gasteiger partial charge in [0.25, 0.3) is 0 Å². The van der Waals surface area contributed by atoms with E-state index in [9.17, 15) is 0 Å². The summed E-state index contributed by atoms with van der Waals surface area (Å²) in [5.74, 6) is 14.5. The molecule has 0 saturated carbocycles. The maximum absolute atomic E-state index is 5.67. The van der Waals surface area contributed by atoms with Gasteiger partial charge in [-0.1, -0.05) is 0 Å². The zero-order chi connectivity index (χ0) is 20.8. The molecule has 2 aromatic rings. The van der Waals surface area contributed by atoms with Crippen LogP contribution in [0, 0.1) is 23.7 Å². The van der Waals surface area contributed by atoms with E-state index in [2.05, 4.69) is 23.7 Å². The van der Waals surface area contributed by atoms with E-state index < -0.39 is 0 Å². The molecule has 2 unspecified atom stereocenters. The zero-order valence-electron chi connectivity index (χ0n) is 16.9. The summed E-state index contributed by atoms with van der Waals surface area (Å²) >= 11 is 0. The number of hydrogen-bond donors (Lipinski definition) is 0. The Morgan fingerprint density at radius 3 is 1.57 bits per heavy atom. The van der Waals surface area contributed by atoms with E-state index in [1.165, 1.54) is 0 Å². The smallest absolute Gasteiger partial charge is 0.138 e. The highest BCUT2D eigenvalue weighted by Gasteiger charge is 2.23. The van der Waals surface area contributed by atoms with Crippen LogP contribution in [0.3, 0.4) is 0 Å². The minimum atomic E-state index is 0.204.